The maximum atomic E-state index is 11.6. The van der Waals surface area contributed by atoms with Crippen molar-refractivity contribution in [2.24, 2.45) is 4.99 Å². The lowest BCUT2D eigenvalue weighted by molar-refractivity contribution is 0.532. The number of benzene rings is 1. The van der Waals surface area contributed by atoms with Gasteiger partial charge in [0.15, 0.2) is 15.8 Å². The SMILES string of the molecule is CCNC(=NCC(C)(C)c1ccccc1Br)NC1CCS(=O)(=O)C1.I. The lowest BCUT2D eigenvalue weighted by Crippen LogP contribution is -2.44. The zero-order chi connectivity index (χ0) is 17.8. The van der Waals surface area contributed by atoms with Crippen LogP contribution in [0.4, 0.5) is 0 Å². The maximum absolute atomic E-state index is 11.6. The number of halogens is 2. The predicted molar refractivity (Wildman–Crippen MR) is 119 cm³/mol. The van der Waals surface area contributed by atoms with Gasteiger partial charge in [0.05, 0.1) is 18.1 Å². The first-order chi connectivity index (χ1) is 11.2. The van der Waals surface area contributed by atoms with Crippen LogP contribution in [0.3, 0.4) is 0 Å². The van der Waals surface area contributed by atoms with E-state index >= 15 is 0 Å². The molecule has 0 saturated carbocycles. The van der Waals surface area contributed by atoms with Crippen LogP contribution in [0.5, 0.6) is 0 Å². The van der Waals surface area contributed by atoms with E-state index in [1.54, 1.807) is 0 Å². The Morgan fingerprint density at radius 3 is 2.60 bits per heavy atom. The minimum absolute atomic E-state index is 0. The summed E-state index contributed by atoms with van der Waals surface area (Å²) < 4.78 is 24.3. The lowest BCUT2D eigenvalue weighted by atomic mass is 9.85. The Kier molecular flexibility index (Phi) is 8.66. The van der Waals surface area contributed by atoms with Crippen LogP contribution in [0.25, 0.3) is 0 Å². The Morgan fingerprint density at radius 1 is 1.36 bits per heavy atom. The van der Waals surface area contributed by atoms with Crippen LogP contribution in [-0.4, -0.2) is 45.0 Å². The smallest absolute Gasteiger partial charge is 0.191 e. The standard InChI is InChI=1S/C17H26BrN3O2S.HI/c1-4-19-16(21-13-9-10-24(22,23)11-13)20-12-17(2,3)14-7-5-6-8-15(14)18;/h5-8,13H,4,9-12H2,1-3H3,(H2,19,20,21);1H. The van der Waals surface area contributed by atoms with Crippen molar-refractivity contribution in [1.29, 1.82) is 0 Å². The fraction of sp³-hybridized carbons (Fsp3) is 0.588. The van der Waals surface area contributed by atoms with E-state index in [2.05, 4.69) is 46.5 Å². The Labute approximate surface area is 176 Å². The van der Waals surface area contributed by atoms with Gasteiger partial charge < -0.3 is 10.6 Å². The third-order valence-electron chi connectivity index (χ3n) is 4.15. The second-order valence-corrected chi connectivity index (χ2v) is 9.89. The highest BCUT2D eigenvalue weighted by molar-refractivity contribution is 14.0. The van der Waals surface area contributed by atoms with Crippen molar-refractivity contribution in [2.45, 2.75) is 38.6 Å². The summed E-state index contributed by atoms with van der Waals surface area (Å²) in [6.45, 7) is 7.65. The molecule has 1 aliphatic rings. The molecule has 1 unspecified atom stereocenters. The normalized spacial score (nSPS) is 20.0. The minimum atomic E-state index is -2.90. The molecule has 2 N–H and O–H groups in total. The summed E-state index contributed by atoms with van der Waals surface area (Å²) in [4.78, 5) is 4.69. The highest BCUT2D eigenvalue weighted by atomic mass is 127. The molecule has 0 aliphatic carbocycles. The van der Waals surface area contributed by atoms with E-state index in [4.69, 9.17) is 4.99 Å². The first-order valence-electron chi connectivity index (χ1n) is 8.24. The number of hydrogen-bond acceptors (Lipinski definition) is 3. The molecule has 1 saturated heterocycles. The van der Waals surface area contributed by atoms with Crippen molar-refractivity contribution in [3.8, 4) is 0 Å². The maximum Gasteiger partial charge on any atom is 0.191 e. The van der Waals surface area contributed by atoms with Gasteiger partial charge in [-0.3, -0.25) is 4.99 Å². The molecular weight excluding hydrogens is 517 g/mol. The molecule has 1 aliphatic heterocycles. The molecule has 1 heterocycles. The molecule has 0 amide bonds. The fourth-order valence-corrected chi connectivity index (χ4v) is 5.29. The highest BCUT2D eigenvalue weighted by Gasteiger charge is 2.29. The molecule has 25 heavy (non-hydrogen) atoms. The quantitative estimate of drug-likeness (QED) is 0.340. The van der Waals surface area contributed by atoms with Crippen LogP contribution in [-0.2, 0) is 15.3 Å². The number of nitrogens with one attached hydrogen (secondary N) is 2. The Morgan fingerprint density at radius 2 is 2.04 bits per heavy atom. The van der Waals surface area contributed by atoms with E-state index in [9.17, 15) is 8.42 Å². The van der Waals surface area contributed by atoms with Crippen LogP contribution in [0.2, 0.25) is 0 Å². The summed E-state index contributed by atoms with van der Waals surface area (Å²) >= 11 is 3.61. The van der Waals surface area contributed by atoms with E-state index in [0.29, 0.717) is 18.9 Å². The van der Waals surface area contributed by atoms with Crippen molar-refractivity contribution in [2.75, 3.05) is 24.6 Å². The first kappa shape index (κ1) is 22.7. The summed E-state index contributed by atoms with van der Waals surface area (Å²) in [5.74, 6) is 1.12. The largest absolute Gasteiger partial charge is 0.357 e. The van der Waals surface area contributed by atoms with Gasteiger partial charge in [0.1, 0.15) is 0 Å². The fourth-order valence-electron chi connectivity index (χ4n) is 2.79. The van der Waals surface area contributed by atoms with Gasteiger partial charge >= 0.3 is 0 Å². The number of rotatable bonds is 5. The van der Waals surface area contributed by atoms with Gasteiger partial charge in [-0.05, 0) is 25.0 Å². The molecule has 0 bridgehead atoms. The van der Waals surface area contributed by atoms with Crippen LogP contribution in [0, 0.1) is 0 Å². The monoisotopic (exact) mass is 543 g/mol. The summed E-state index contributed by atoms with van der Waals surface area (Å²) in [5.41, 5.74) is 1.07. The van der Waals surface area contributed by atoms with E-state index in [0.717, 1.165) is 11.0 Å². The zero-order valence-corrected chi connectivity index (χ0v) is 19.6. The molecule has 1 aromatic carbocycles. The molecule has 8 heteroatoms. The molecule has 1 fully saturated rings. The highest BCUT2D eigenvalue weighted by Crippen LogP contribution is 2.30. The van der Waals surface area contributed by atoms with Crippen molar-refractivity contribution in [3.63, 3.8) is 0 Å². The Hall–Kier alpha value is -0.350. The number of hydrogen-bond donors (Lipinski definition) is 2. The van der Waals surface area contributed by atoms with Crippen molar-refractivity contribution >= 4 is 55.7 Å². The van der Waals surface area contributed by atoms with Gasteiger partial charge in [0.25, 0.3) is 0 Å². The third-order valence-corrected chi connectivity index (χ3v) is 6.61. The molecule has 2 rings (SSSR count). The average molecular weight is 544 g/mol. The Bertz CT molecular complexity index is 708. The van der Waals surface area contributed by atoms with Gasteiger partial charge in [-0.15, -0.1) is 24.0 Å². The van der Waals surface area contributed by atoms with E-state index in [1.807, 2.05) is 25.1 Å². The number of aliphatic imine (C=N–C) groups is 1. The van der Waals surface area contributed by atoms with Gasteiger partial charge in [0, 0.05) is 22.5 Å². The van der Waals surface area contributed by atoms with Gasteiger partial charge in [-0.2, -0.15) is 0 Å². The van der Waals surface area contributed by atoms with Gasteiger partial charge in [-0.25, -0.2) is 8.42 Å². The van der Waals surface area contributed by atoms with Crippen molar-refractivity contribution in [3.05, 3.63) is 34.3 Å². The van der Waals surface area contributed by atoms with E-state index in [-0.39, 0.29) is 46.9 Å². The van der Waals surface area contributed by atoms with E-state index < -0.39 is 9.84 Å². The molecule has 142 valence electrons. The molecule has 0 radical (unpaired) electrons. The van der Waals surface area contributed by atoms with Crippen LogP contribution in [0.1, 0.15) is 32.8 Å². The minimum Gasteiger partial charge on any atom is -0.357 e. The van der Waals surface area contributed by atoms with Gasteiger partial charge in [-0.1, -0.05) is 48.0 Å². The molecule has 5 nitrogen and oxygen atoms in total. The molecule has 0 aromatic heterocycles. The van der Waals surface area contributed by atoms with E-state index in [1.165, 1.54) is 5.56 Å². The van der Waals surface area contributed by atoms with Crippen LogP contribution < -0.4 is 10.6 Å². The second-order valence-electron chi connectivity index (χ2n) is 6.80. The third kappa shape index (κ3) is 6.71. The number of guanidine groups is 1. The summed E-state index contributed by atoms with van der Waals surface area (Å²) in [5, 5.41) is 6.47. The van der Waals surface area contributed by atoms with Crippen molar-refractivity contribution < 1.29 is 8.42 Å². The zero-order valence-electron chi connectivity index (χ0n) is 14.9. The van der Waals surface area contributed by atoms with Gasteiger partial charge in [0.2, 0.25) is 0 Å². The summed E-state index contributed by atoms with van der Waals surface area (Å²) in [6.07, 6.45) is 0.639. The summed E-state index contributed by atoms with van der Waals surface area (Å²) in [7, 11) is -2.90. The lowest BCUT2D eigenvalue weighted by Gasteiger charge is -2.25. The Balaban J connectivity index is 0.00000312. The molecule has 0 spiro atoms. The first-order valence-corrected chi connectivity index (χ1v) is 10.9. The number of nitrogens with zero attached hydrogens (tertiary/aromatic N) is 1. The summed E-state index contributed by atoms with van der Waals surface area (Å²) in [6, 6.07) is 8.11. The topological polar surface area (TPSA) is 70.6 Å². The second kappa shape index (κ2) is 9.55. The molecule has 1 aromatic rings. The molecular formula is C17H27BrIN3O2S. The van der Waals surface area contributed by atoms with Crippen LogP contribution >= 0.6 is 39.9 Å². The van der Waals surface area contributed by atoms with Crippen LogP contribution in [0.15, 0.2) is 33.7 Å². The molecule has 1 atom stereocenters. The van der Waals surface area contributed by atoms with Crippen molar-refractivity contribution in [1.82, 2.24) is 10.6 Å². The number of sulfone groups is 1. The average Bonchev–Trinajstić information content (AvgIpc) is 2.84. The predicted octanol–water partition coefficient (Wildman–Crippen LogP) is 3.09.